The number of carbonyl (C=O) groups excluding carboxylic acids is 1. The third kappa shape index (κ3) is 4.03. The number of hydrogen-bond acceptors (Lipinski definition) is 6. The van der Waals surface area contributed by atoms with Crippen molar-refractivity contribution in [3.8, 4) is 11.7 Å². The minimum absolute atomic E-state index is 0.0935. The molecule has 0 spiro atoms. The van der Waals surface area contributed by atoms with Gasteiger partial charge in [0.05, 0.1) is 18.1 Å². The van der Waals surface area contributed by atoms with Gasteiger partial charge in [0, 0.05) is 0 Å². The van der Waals surface area contributed by atoms with Crippen molar-refractivity contribution in [1.82, 2.24) is 15.5 Å². The van der Waals surface area contributed by atoms with Gasteiger partial charge in [0.2, 0.25) is 5.91 Å². The van der Waals surface area contributed by atoms with E-state index < -0.39 is 0 Å². The molecule has 0 radical (unpaired) electrons. The Morgan fingerprint density at radius 3 is 2.78 bits per heavy atom. The first-order chi connectivity index (χ1) is 13.2. The van der Waals surface area contributed by atoms with E-state index in [2.05, 4.69) is 39.8 Å². The Hall–Kier alpha value is -3.06. The average molecular weight is 379 g/mol. The molecule has 0 saturated carbocycles. The fraction of sp³-hybridized carbons (Fsp3) is 0.150. The van der Waals surface area contributed by atoms with Crippen molar-refractivity contribution >= 4 is 28.4 Å². The molecule has 0 bridgehead atoms. The Bertz CT molecular complexity index is 1060. The molecule has 136 valence electrons. The lowest BCUT2D eigenvalue weighted by molar-refractivity contribution is -0.119. The van der Waals surface area contributed by atoms with E-state index in [0.29, 0.717) is 16.9 Å². The maximum Gasteiger partial charge on any atom is 0.284 e. The number of furan rings is 1. The molecular formula is C20H17N3O3S. The first-order valence-corrected chi connectivity index (χ1v) is 9.46. The van der Waals surface area contributed by atoms with Crippen LogP contribution in [0.1, 0.15) is 18.5 Å². The highest BCUT2D eigenvalue weighted by atomic mass is 32.2. The summed E-state index contributed by atoms with van der Waals surface area (Å²) in [5.74, 6) is 0.895. The number of hydrogen-bond donors (Lipinski definition) is 1. The van der Waals surface area contributed by atoms with Crippen LogP contribution in [0.3, 0.4) is 0 Å². The van der Waals surface area contributed by atoms with Crippen LogP contribution in [0.4, 0.5) is 0 Å². The highest BCUT2D eigenvalue weighted by molar-refractivity contribution is 7.99. The lowest BCUT2D eigenvalue weighted by Gasteiger charge is -2.14. The summed E-state index contributed by atoms with van der Waals surface area (Å²) in [6.45, 7) is 1.97. The number of aromatic nitrogens is 2. The van der Waals surface area contributed by atoms with Gasteiger partial charge < -0.3 is 14.2 Å². The number of nitrogens with one attached hydrogen (secondary N) is 1. The first-order valence-electron chi connectivity index (χ1n) is 8.47. The van der Waals surface area contributed by atoms with Crippen LogP contribution in [0.25, 0.3) is 22.4 Å². The monoisotopic (exact) mass is 379 g/mol. The molecule has 2 aromatic carbocycles. The normalized spacial score (nSPS) is 12.2. The summed E-state index contributed by atoms with van der Waals surface area (Å²) < 4.78 is 10.7. The van der Waals surface area contributed by atoms with Crippen molar-refractivity contribution in [2.75, 3.05) is 5.75 Å². The smallest absolute Gasteiger partial charge is 0.284 e. The third-order valence-corrected chi connectivity index (χ3v) is 4.93. The maximum absolute atomic E-state index is 12.3. The zero-order valence-corrected chi connectivity index (χ0v) is 15.4. The van der Waals surface area contributed by atoms with E-state index in [-0.39, 0.29) is 17.7 Å². The molecule has 4 aromatic rings. The Morgan fingerprint density at radius 1 is 1.11 bits per heavy atom. The lowest BCUT2D eigenvalue weighted by Crippen LogP contribution is -2.28. The van der Waals surface area contributed by atoms with Crippen LogP contribution in [0.15, 0.2) is 74.9 Å². The summed E-state index contributed by atoms with van der Waals surface area (Å²) in [6, 6.07) is 17.7. The molecule has 1 amide bonds. The van der Waals surface area contributed by atoms with Crippen LogP contribution in [0.2, 0.25) is 0 Å². The van der Waals surface area contributed by atoms with E-state index in [1.54, 1.807) is 12.1 Å². The number of thioether (sulfide) groups is 1. The molecule has 0 saturated heterocycles. The molecule has 6 nitrogen and oxygen atoms in total. The molecular weight excluding hydrogens is 362 g/mol. The van der Waals surface area contributed by atoms with Crippen LogP contribution < -0.4 is 5.32 Å². The quantitative estimate of drug-likeness (QED) is 0.499. The number of amides is 1. The number of benzene rings is 2. The van der Waals surface area contributed by atoms with Crippen molar-refractivity contribution in [3.63, 3.8) is 0 Å². The molecule has 0 fully saturated rings. The molecule has 0 aliphatic heterocycles. The molecule has 27 heavy (non-hydrogen) atoms. The van der Waals surface area contributed by atoms with Gasteiger partial charge in [-0.15, -0.1) is 10.2 Å². The standard InChI is InChI=1S/C20H17N3O3S/c1-13(15-9-8-14-5-2-3-6-16(14)11-15)21-18(24)12-27-20-23-22-19(26-20)17-7-4-10-25-17/h2-11,13H,12H2,1H3,(H,21,24). The van der Waals surface area contributed by atoms with Gasteiger partial charge in [0.15, 0.2) is 5.76 Å². The molecule has 1 unspecified atom stereocenters. The van der Waals surface area contributed by atoms with Crippen LogP contribution in [-0.2, 0) is 4.79 Å². The van der Waals surface area contributed by atoms with Gasteiger partial charge in [-0.1, -0.05) is 48.2 Å². The summed E-state index contributed by atoms with van der Waals surface area (Å²) in [7, 11) is 0. The second-order valence-corrected chi connectivity index (χ2v) is 6.96. The molecule has 1 atom stereocenters. The van der Waals surface area contributed by atoms with E-state index in [1.165, 1.54) is 23.4 Å². The van der Waals surface area contributed by atoms with Crippen molar-refractivity contribution < 1.29 is 13.6 Å². The van der Waals surface area contributed by atoms with Gasteiger partial charge in [-0.2, -0.15) is 0 Å². The highest BCUT2D eigenvalue weighted by Crippen LogP contribution is 2.24. The van der Waals surface area contributed by atoms with E-state index in [9.17, 15) is 4.79 Å². The SMILES string of the molecule is CC(NC(=O)CSc1nnc(-c2ccco2)o1)c1ccc2ccccc2c1. The van der Waals surface area contributed by atoms with Gasteiger partial charge in [0.25, 0.3) is 11.1 Å². The molecule has 0 aliphatic rings. The average Bonchev–Trinajstić information content (AvgIpc) is 3.37. The number of rotatable bonds is 6. The zero-order valence-electron chi connectivity index (χ0n) is 14.6. The van der Waals surface area contributed by atoms with Crippen LogP contribution >= 0.6 is 11.8 Å². The van der Waals surface area contributed by atoms with Gasteiger partial charge in [-0.05, 0) is 41.5 Å². The van der Waals surface area contributed by atoms with Crippen molar-refractivity contribution in [2.24, 2.45) is 0 Å². The second kappa shape index (κ2) is 7.67. The Morgan fingerprint density at radius 2 is 1.96 bits per heavy atom. The zero-order chi connectivity index (χ0) is 18.6. The molecule has 2 heterocycles. The fourth-order valence-electron chi connectivity index (χ4n) is 2.74. The number of fused-ring (bicyclic) bond motifs is 1. The molecule has 4 rings (SSSR count). The molecule has 7 heteroatoms. The second-order valence-electron chi connectivity index (χ2n) is 6.03. The fourth-order valence-corrected chi connectivity index (χ4v) is 3.31. The minimum Gasteiger partial charge on any atom is -0.459 e. The van der Waals surface area contributed by atoms with E-state index in [1.807, 2.05) is 25.1 Å². The number of nitrogens with zero attached hydrogens (tertiary/aromatic N) is 2. The predicted molar refractivity (Wildman–Crippen MR) is 103 cm³/mol. The van der Waals surface area contributed by atoms with E-state index >= 15 is 0 Å². The third-order valence-electron chi connectivity index (χ3n) is 4.12. The predicted octanol–water partition coefficient (Wildman–Crippen LogP) is 4.45. The van der Waals surface area contributed by atoms with E-state index in [0.717, 1.165) is 10.9 Å². The Labute approximate surface area is 160 Å². The Balaban J connectivity index is 1.34. The van der Waals surface area contributed by atoms with Crippen LogP contribution in [0, 0.1) is 0 Å². The molecule has 0 aliphatic carbocycles. The largest absolute Gasteiger partial charge is 0.459 e. The minimum atomic E-state index is -0.0987. The highest BCUT2D eigenvalue weighted by Gasteiger charge is 2.14. The van der Waals surface area contributed by atoms with Crippen molar-refractivity contribution in [2.45, 2.75) is 18.2 Å². The van der Waals surface area contributed by atoms with Gasteiger partial charge in [0.1, 0.15) is 0 Å². The van der Waals surface area contributed by atoms with Gasteiger partial charge >= 0.3 is 0 Å². The summed E-state index contributed by atoms with van der Waals surface area (Å²) in [5.41, 5.74) is 1.06. The molecule has 1 N–H and O–H groups in total. The summed E-state index contributed by atoms with van der Waals surface area (Å²) in [6.07, 6.45) is 1.54. The van der Waals surface area contributed by atoms with Crippen molar-refractivity contribution in [3.05, 3.63) is 66.4 Å². The first kappa shape index (κ1) is 17.4. The Kier molecular flexibility index (Phi) is 4.93. The lowest BCUT2D eigenvalue weighted by atomic mass is 10.0. The topological polar surface area (TPSA) is 81.2 Å². The number of carbonyl (C=O) groups is 1. The van der Waals surface area contributed by atoms with Gasteiger partial charge in [-0.25, -0.2) is 0 Å². The molecule has 2 aromatic heterocycles. The van der Waals surface area contributed by atoms with E-state index in [4.69, 9.17) is 8.83 Å². The van der Waals surface area contributed by atoms with Gasteiger partial charge in [-0.3, -0.25) is 4.79 Å². The van der Waals surface area contributed by atoms with Crippen molar-refractivity contribution in [1.29, 1.82) is 0 Å². The summed E-state index contributed by atoms with van der Waals surface area (Å²) in [4.78, 5) is 12.3. The maximum atomic E-state index is 12.3. The summed E-state index contributed by atoms with van der Waals surface area (Å²) in [5, 5.41) is 13.5. The van der Waals surface area contributed by atoms with Crippen LogP contribution in [0.5, 0.6) is 0 Å². The summed E-state index contributed by atoms with van der Waals surface area (Å²) >= 11 is 1.19. The van der Waals surface area contributed by atoms with Crippen LogP contribution in [-0.4, -0.2) is 21.9 Å².